The van der Waals surface area contributed by atoms with Crippen LogP contribution in [0.5, 0.6) is 11.5 Å². The Kier molecular flexibility index (Phi) is 4.21. The van der Waals surface area contributed by atoms with Crippen molar-refractivity contribution in [3.05, 3.63) is 53.6 Å². The number of aliphatic hydroxyl groups excluding tert-OH is 1. The molecule has 0 saturated carbocycles. The average molecular weight is 313 g/mol. The fourth-order valence-corrected chi connectivity index (χ4v) is 2.71. The summed E-state index contributed by atoms with van der Waals surface area (Å²) >= 11 is 0. The van der Waals surface area contributed by atoms with Crippen LogP contribution in [-0.2, 0) is 11.2 Å². The second-order valence-electron chi connectivity index (χ2n) is 5.66. The molecule has 0 aromatic heterocycles. The van der Waals surface area contributed by atoms with Crippen molar-refractivity contribution < 1.29 is 19.7 Å². The number of hydrogen-bond donors (Lipinski definition) is 2. The molecule has 1 heterocycles. The summed E-state index contributed by atoms with van der Waals surface area (Å²) in [6.07, 6.45) is -0.178. The number of β-amino-alcohol motifs (C(OH)–C–C–N with tert-alkyl or cyclic N) is 1. The number of fused-ring (bicyclic) bond motifs is 1. The summed E-state index contributed by atoms with van der Waals surface area (Å²) in [5.74, 6) is 0.380. The number of nitrogens with zero attached hydrogens (tertiary/aromatic N) is 1. The highest BCUT2D eigenvalue weighted by Crippen LogP contribution is 2.37. The van der Waals surface area contributed by atoms with Crippen LogP contribution < -0.4 is 9.64 Å². The lowest BCUT2D eigenvalue weighted by atomic mass is 10.0. The standard InChI is InChI=1S/C18H19NO4/c1-12-2-4-13(5-3-12)10-17-18(22)19(8-9-20)15-11-14(21)6-7-16(15)23-17/h2-7,11,17,20-21H,8-10H2,1H3. The molecule has 5 heteroatoms. The molecule has 0 spiro atoms. The van der Waals surface area contributed by atoms with Crippen molar-refractivity contribution in [2.75, 3.05) is 18.1 Å². The topological polar surface area (TPSA) is 70.0 Å². The van der Waals surface area contributed by atoms with Crippen LogP contribution in [0.3, 0.4) is 0 Å². The van der Waals surface area contributed by atoms with Gasteiger partial charge in [0.25, 0.3) is 5.91 Å². The molecular weight excluding hydrogens is 294 g/mol. The highest BCUT2D eigenvalue weighted by atomic mass is 16.5. The van der Waals surface area contributed by atoms with Gasteiger partial charge in [-0.15, -0.1) is 0 Å². The van der Waals surface area contributed by atoms with Crippen molar-refractivity contribution in [2.45, 2.75) is 19.4 Å². The number of hydrogen-bond acceptors (Lipinski definition) is 4. The minimum absolute atomic E-state index is 0.0556. The van der Waals surface area contributed by atoms with Gasteiger partial charge < -0.3 is 19.8 Å². The number of phenolic OH excluding ortho intramolecular Hbond substituents is 1. The van der Waals surface area contributed by atoms with Crippen molar-refractivity contribution in [1.82, 2.24) is 0 Å². The van der Waals surface area contributed by atoms with E-state index in [1.54, 1.807) is 6.07 Å². The Morgan fingerprint density at radius 2 is 1.91 bits per heavy atom. The van der Waals surface area contributed by atoms with E-state index in [-0.39, 0.29) is 24.8 Å². The van der Waals surface area contributed by atoms with Gasteiger partial charge in [0.15, 0.2) is 6.10 Å². The van der Waals surface area contributed by atoms with E-state index in [0.717, 1.165) is 11.1 Å². The molecule has 2 aromatic carbocycles. The third-order valence-corrected chi connectivity index (χ3v) is 3.91. The van der Waals surface area contributed by atoms with Gasteiger partial charge in [-0.2, -0.15) is 0 Å². The van der Waals surface area contributed by atoms with E-state index in [1.807, 2.05) is 31.2 Å². The monoisotopic (exact) mass is 313 g/mol. The Morgan fingerprint density at radius 1 is 1.17 bits per heavy atom. The number of phenols is 1. The second-order valence-corrected chi connectivity index (χ2v) is 5.66. The number of carbonyl (C=O) groups is 1. The van der Waals surface area contributed by atoms with Gasteiger partial charge in [-0.1, -0.05) is 29.8 Å². The number of benzene rings is 2. The van der Waals surface area contributed by atoms with E-state index >= 15 is 0 Å². The first-order chi connectivity index (χ1) is 11.1. The fourth-order valence-electron chi connectivity index (χ4n) is 2.71. The number of aromatic hydroxyl groups is 1. The van der Waals surface area contributed by atoms with E-state index in [4.69, 9.17) is 4.74 Å². The van der Waals surface area contributed by atoms with Crippen molar-refractivity contribution >= 4 is 11.6 Å². The molecule has 2 N–H and O–H groups in total. The molecule has 5 nitrogen and oxygen atoms in total. The molecule has 120 valence electrons. The molecule has 1 amide bonds. The summed E-state index contributed by atoms with van der Waals surface area (Å²) in [4.78, 5) is 14.1. The smallest absolute Gasteiger partial charge is 0.268 e. The zero-order valence-electron chi connectivity index (χ0n) is 12.9. The van der Waals surface area contributed by atoms with E-state index in [2.05, 4.69) is 0 Å². The minimum atomic E-state index is -0.638. The number of anilines is 1. The Labute approximate surface area is 134 Å². The lowest BCUT2D eigenvalue weighted by molar-refractivity contribution is -0.126. The molecule has 0 saturated heterocycles. The van der Waals surface area contributed by atoms with Crippen LogP contribution in [-0.4, -0.2) is 35.4 Å². The Hall–Kier alpha value is -2.53. The van der Waals surface area contributed by atoms with E-state index in [1.165, 1.54) is 17.0 Å². The molecule has 1 unspecified atom stereocenters. The zero-order valence-corrected chi connectivity index (χ0v) is 12.9. The van der Waals surface area contributed by atoms with Crippen molar-refractivity contribution in [2.24, 2.45) is 0 Å². The van der Waals surface area contributed by atoms with Gasteiger partial charge in [0.2, 0.25) is 0 Å². The SMILES string of the molecule is Cc1ccc(CC2Oc3ccc(O)cc3N(CCO)C2=O)cc1. The first-order valence-electron chi connectivity index (χ1n) is 7.56. The Bertz CT molecular complexity index is 711. The van der Waals surface area contributed by atoms with Crippen LogP contribution in [0.2, 0.25) is 0 Å². The Morgan fingerprint density at radius 3 is 2.61 bits per heavy atom. The first-order valence-corrected chi connectivity index (χ1v) is 7.56. The summed E-state index contributed by atoms with van der Waals surface area (Å²) in [5, 5.41) is 18.9. The van der Waals surface area contributed by atoms with Crippen molar-refractivity contribution in [1.29, 1.82) is 0 Å². The van der Waals surface area contributed by atoms with Crippen LogP contribution in [0.1, 0.15) is 11.1 Å². The summed E-state index contributed by atoms with van der Waals surface area (Å²) in [6.45, 7) is 2.03. The molecule has 1 aliphatic rings. The maximum Gasteiger partial charge on any atom is 0.268 e. The lowest BCUT2D eigenvalue weighted by Gasteiger charge is -2.34. The van der Waals surface area contributed by atoms with E-state index < -0.39 is 6.10 Å². The molecule has 0 bridgehead atoms. The molecule has 3 rings (SSSR count). The molecule has 23 heavy (non-hydrogen) atoms. The third-order valence-electron chi connectivity index (χ3n) is 3.91. The average Bonchev–Trinajstić information content (AvgIpc) is 2.54. The number of rotatable bonds is 4. The second kappa shape index (κ2) is 6.30. The predicted octanol–water partition coefficient (Wildman–Crippen LogP) is 2.03. The number of amides is 1. The first kappa shape index (κ1) is 15.4. The third kappa shape index (κ3) is 3.14. The molecular formula is C18H19NO4. The lowest BCUT2D eigenvalue weighted by Crippen LogP contribution is -2.48. The number of aryl methyl sites for hydroxylation is 1. The van der Waals surface area contributed by atoms with Crippen molar-refractivity contribution in [3.8, 4) is 11.5 Å². The van der Waals surface area contributed by atoms with Crippen LogP contribution in [0.15, 0.2) is 42.5 Å². The largest absolute Gasteiger partial charge is 0.508 e. The number of carbonyl (C=O) groups excluding carboxylic acids is 1. The van der Waals surface area contributed by atoms with Crippen LogP contribution >= 0.6 is 0 Å². The van der Waals surface area contributed by atoms with Gasteiger partial charge in [0, 0.05) is 19.0 Å². The number of ether oxygens (including phenoxy) is 1. The molecule has 1 atom stereocenters. The summed E-state index contributed by atoms with van der Waals surface area (Å²) in [5.41, 5.74) is 2.66. The maximum absolute atomic E-state index is 12.7. The fraction of sp³-hybridized carbons (Fsp3) is 0.278. The maximum atomic E-state index is 12.7. The molecule has 0 aliphatic carbocycles. The summed E-state index contributed by atoms with van der Waals surface area (Å²) in [7, 11) is 0. The normalized spacial score (nSPS) is 16.9. The van der Waals surface area contributed by atoms with Crippen molar-refractivity contribution in [3.63, 3.8) is 0 Å². The molecule has 1 aliphatic heterocycles. The predicted molar refractivity (Wildman–Crippen MR) is 86.8 cm³/mol. The molecule has 0 radical (unpaired) electrons. The molecule has 0 fully saturated rings. The Balaban J connectivity index is 1.89. The van der Waals surface area contributed by atoms with Gasteiger partial charge in [-0.25, -0.2) is 0 Å². The quantitative estimate of drug-likeness (QED) is 0.906. The number of aliphatic hydroxyl groups is 1. The van der Waals surface area contributed by atoms with Crippen LogP contribution in [0, 0.1) is 6.92 Å². The van der Waals surface area contributed by atoms with Gasteiger partial charge in [0.1, 0.15) is 11.5 Å². The van der Waals surface area contributed by atoms with Gasteiger partial charge in [-0.05, 0) is 24.6 Å². The van der Waals surface area contributed by atoms with Gasteiger partial charge >= 0.3 is 0 Å². The van der Waals surface area contributed by atoms with Crippen LogP contribution in [0.25, 0.3) is 0 Å². The summed E-state index contributed by atoms with van der Waals surface area (Å²) in [6, 6.07) is 12.6. The summed E-state index contributed by atoms with van der Waals surface area (Å²) < 4.78 is 5.83. The van der Waals surface area contributed by atoms with Gasteiger partial charge in [0.05, 0.1) is 12.3 Å². The minimum Gasteiger partial charge on any atom is -0.508 e. The highest BCUT2D eigenvalue weighted by Gasteiger charge is 2.34. The molecule has 2 aromatic rings. The van der Waals surface area contributed by atoms with Crippen LogP contribution in [0.4, 0.5) is 5.69 Å². The highest BCUT2D eigenvalue weighted by molar-refractivity contribution is 6.00. The zero-order chi connectivity index (χ0) is 16.4. The van der Waals surface area contributed by atoms with E-state index in [0.29, 0.717) is 17.9 Å². The van der Waals surface area contributed by atoms with Gasteiger partial charge in [-0.3, -0.25) is 4.79 Å². The van der Waals surface area contributed by atoms with E-state index in [9.17, 15) is 15.0 Å².